The van der Waals surface area contributed by atoms with E-state index in [9.17, 15) is 31.5 Å². The number of hydrogen-bond acceptors (Lipinski definition) is 7. The van der Waals surface area contributed by atoms with Crippen molar-refractivity contribution in [3.63, 3.8) is 0 Å². The normalized spacial score (nSPS) is 16.8. The van der Waals surface area contributed by atoms with E-state index in [1.54, 1.807) is 18.2 Å². The Morgan fingerprint density at radius 1 is 1.00 bits per heavy atom. The first-order valence-corrected chi connectivity index (χ1v) is 15.9. The molecule has 9 nitrogen and oxygen atoms in total. The van der Waals surface area contributed by atoms with E-state index in [1.165, 1.54) is 12.1 Å². The summed E-state index contributed by atoms with van der Waals surface area (Å²) in [6, 6.07) is 10.2. The zero-order chi connectivity index (χ0) is 33.3. The quantitative estimate of drug-likeness (QED) is 0.215. The highest BCUT2D eigenvalue weighted by atomic mass is 32.2. The number of aromatic nitrogens is 3. The van der Waals surface area contributed by atoms with Gasteiger partial charge in [0, 0.05) is 30.2 Å². The highest BCUT2D eigenvalue weighted by Crippen LogP contribution is 2.37. The van der Waals surface area contributed by atoms with Gasteiger partial charge in [-0.1, -0.05) is 17.8 Å². The fourth-order valence-corrected chi connectivity index (χ4v) is 6.85. The minimum atomic E-state index is -5.18. The van der Waals surface area contributed by atoms with Gasteiger partial charge in [-0.05, 0) is 93.7 Å². The monoisotopic (exact) mass is 674 g/mol. The van der Waals surface area contributed by atoms with E-state index in [2.05, 4.69) is 25.4 Å². The maximum absolute atomic E-state index is 14.1. The molecule has 15 heteroatoms. The first kappa shape index (κ1) is 32.8. The average molecular weight is 675 g/mol. The lowest BCUT2D eigenvalue weighted by Gasteiger charge is -2.36. The highest BCUT2D eigenvalue weighted by Gasteiger charge is 2.46. The topological polar surface area (TPSA) is 103 Å². The molecule has 2 aliphatic rings. The summed E-state index contributed by atoms with van der Waals surface area (Å²) in [5.41, 5.74) is 1.13. The maximum Gasteiger partial charge on any atom is 0.471 e. The van der Waals surface area contributed by atoms with Crippen LogP contribution in [0.15, 0.2) is 58.5 Å². The molecule has 2 aliphatic heterocycles. The number of ether oxygens (including phenoxy) is 1. The average Bonchev–Trinajstić information content (AvgIpc) is 3.42. The van der Waals surface area contributed by atoms with Crippen molar-refractivity contribution in [2.75, 3.05) is 43.6 Å². The molecule has 2 fully saturated rings. The number of halogens is 5. The van der Waals surface area contributed by atoms with Crippen LogP contribution in [0.3, 0.4) is 0 Å². The van der Waals surface area contributed by atoms with Gasteiger partial charge in [-0.15, -0.1) is 0 Å². The second-order valence-corrected chi connectivity index (χ2v) is 12.7. The van der Waals surface area contributed by atoms with Crippen LogP contribution in [-0.4, -0.2) is 77.5 Å². The minimum Gasteiger partial charge on any atom is -0.381 e. The number of hydrogen-bond donors (Lipinski definition) is 2. The molecule has 2 N–H and O–H groups in total. The summed E-state index contributed by atoms with van der Waals surface area (Å²) < 4.78 is 75.1. The Kier molecular flexibility index (Phi) is 9.48. The number of H-pyrrole nitrogens is 1. The molecule has 0 radical (unpaired) electrons. The van der Waals surface area contributed by atoms with Gasteiger partial charge in [0.2, 0.25) is 0 Å². The summed E-state index contributed by atoms with van der Waals surface area (Å²) in [6.07, 6.45) is -3.29. The van der Waals surface area contributed by atoms with Gasteiger partial charge >= 0.3 is 12.1 Å². The van der Waals surface area contributed by atoms with Gasteiger partial charge in [-0.3, -0.25) is 14.7 Å². The van der Waals surface area contributed by atoms with Crippen molar-refractivity contribution >= 4 is 46.1 Å². The first-order valence-electron chi connectivity index (χ1n) is 15.1. The Morgan fingerprint density at radius 3 is 2.38 bits per heavy atom. The van der Waals surface area contributed by atoms with E-state index in [0.717, 1.165) is 61.5 Å². The molecule has 47 heavy (non-hydrogen) atoms. The molecule has 248 valence electrons. The van der Waals surface area contributed by atoms with Crippen LogP contribution in [0.4, 0.5) is 33.5 Å². The van der Waals surface area contributed by atoms with Crippen molar-refractivity contribution < 1.29 is 36.3 Å². The predicted molar refractivity (Wildman–Crippen MR) is 166 cm³/mol. The molecule has 2 aromatic heterocycles. The van der Waals surface area contributed by atoms with Crippen molar-refractivity contribution in [1.82, 2.24) is 20.1 Å². The Hall–Kier alpha value is -4.08. The summed E-state index contributed by atoms with van der Waals surface area (Å²) >= 11 is 0.992. The van der Waals surface area contributed by atoms with Crippen molar-refractivity contribution in [2.45, 2.75) is 53.7 Å². The first-order chi connectivity index (χ1) is 22.5. The number of aromatic amines is 1. The zero-order valence-corrected chi connectivity index (χ0v) is 26.1. The van der Waals surface area contributed by atoms with Crippen LogP contribution in [0.25, 0.3) is 11.0 Å². The lowest BCUT2D eigenvalue weighted by Crippen LogP contribution is -2.50. The summed E-state index contributed by atoms with van der Waals surface area (Å²) in [5.74, 6) is -4.31. The van der Waals surface area contributed by atoms with E-state index >= 15 is 0 Å². The number of carbonyl (C=O) groups is 2. The van der Waals surface area contributed by atoms with Crippen molar-refractivity contribution in [3.8, 4) is 0 Å². The molecule has 2 aromatic carbocycles. The van der Waals surface area contributed by atoms with Gasteiger partial charge in [0.25, 0.3) is 5.91 Å². The van der Waals surface area contributed by atoms with Gasteiger partial charge in [0.05, 0.1) is 16.8 Å². The highest BCUT2D eigenvalue weighted by molar-refractivity contribution is 7.99. The summed E-state index contributed by atoms with van der Waals surface area (Å²) in [7, 11) is 2.00. The van der Waals surface area contributed by atoms with Crippen molar-refractivity contribution in [1.29, 1.82) is 0 Å². The van der Waals surface area contributed by atoms with Crippen molar-refractivity contribution in [3.05, 3.63) is 71.3 Å². The number of benzene rings is 2. The zero-order valence-electron chi connectivity index (χ0n) is 25.2. The second-order valence-electron chi connectivity index (χ2n) is 11.6. The molecular formula is C32H31F5N6O3S. The summed E-state index contributed by atoms with van der Waals surface area (Å²) in [6.45, 7) is 1.97. The molecule has 0 unspecified atom stereocenters. The third-order valence-electron chi connectivity index (χ3n) is 8.41. The number of nitrogens with zero attached hydrogens (tertiary/aromatic N) is 4. The number of alkyl halides is 3. The number of nitrogens with one attached hydrogen (secondary N) is 2. The largest absolute Gasteiger partial charge is 0.471 e. The molecule has 4 aromatic rings. The molecule has 0 atom stereocenters. The number of pyridine rings is 1. The molecule has 4 heterocycles. The van der Waals surface area contributed by atoms with E-state index < -0.39 is 35.7 Å². The fraction of sp³-hybridized carbons (Fsp3) is 0.375. The van der Waals surface area contributed by atoms with Crippen molar-refractivity contribution in [2.24, 2.45) is 0 Å². The predicted octanol–water partition coefficient (Wildman–Crippen LogP) is 6.52. The Bertz CT molecular complexity index is 1770. The molecule has 2 saturated heterocycles. The number of piperidine rings is 1. The molecule has 6 rings (SSSR count). The van der Waals surface area contributed by atoms with Crippen LogP contribution in [0, 0.1) is 11.6 Å². The van der Waals surface area contributed by atoms with E-state index in [-0.39, 0.29) is 59.5 Å². The Morgan fingerprint density at radius 2 is 1.70 bits per heavy atom. The lowest BCUT2D eigenvalue weighted by molar-refractivity contribution is -0.171. The molecule has 0 spiro atoms. The van der Waals surface area contributed by atoms with Gasteiger partial charge in [0.15, 0.2) is 5.82 Å². The Labute approximate surface area is 270 Å². The number of rotatable bonds is 7. The van der Waals surface area contributed by atoms with E-state index in [0.29, 0.717) is 15.4 Å². The Balaban J connectivity index is 1.36. The van der Waals surface area contributed by atoms with Gasteiger partial charge in [-0.25, -0.2) is 13.8 Å². The van der Waals surface area contributed by atoms with E-state index in [1.807, 2.05) is 7.05 Å². The smallest absolute Gasteiger partial charge is 0.381 e. The van der Waals surface area contributed by atoms with Gasteiger partial charge in [0.1, 0.15) is 22.2 Å². The molecule has 0 aliphatic carbocycles. The number of anilines is 2. The van der Waals surface area contributed by atoms with Gasteiger partial charge in [-0.2, -0.15) is 18.3 Å². The number of carbonyl (C=O) groups excluding carboxylic acids is 2. The standard InChI is InChI=1S/C32H31F5N6O3S/c1-42-10-6-18(7-11-42)19-2-3-24(26(14-19)43(31(45)32(35,36)37)22-8-12-46-13-9-22)30(44)39-29-28-25(40-41-29)4-5-27(38-28)47-23-16-20(33)15-21(34)17-23/h2-5,14-18,22H,6-13H2,1H3,(H2,39,40,41,44). The lowest BCUT2D eigenvalue weighted by atomic mass is 9.88. The van der Waals surface area contributed by atoms with Crippen LogP contribution in [0.1, 0.15) is 47.5 Å². The van der Waals surface area contributed by atoms with Gasteiger partial charge < -0.3 is 19.9 Å². The third-order valence-corrected chi connectivity index (χ3v) is 9.31. The van der Waals surface area contributed by atoms with Crippen LogP contribution < -0.4 is 10.2 Å². The number of fused-ring (bicyclic) bond motifs is 1. The van der Waals surface area contributed by atoms with Crippen LogP contribution in [0.2, 0.25) is 0 Å². The number of likely N-dealkylation sites (tertiary alicyclic amines) is 1. The molecule has 0 saturated carbocycles. The van der Waals surface area contributed by atoms with Crippen LogP contribution >= 0.6 is 11.8 Å². The SMILES string of the molecule is CN1CCC(c2ccc(C(=O)Nc3n[nH]c4ccc(Sc5cc(F)cc(F)c5)nc34)c(N(C(=O)C(F)(F)F)C3CCOCC3)c2)CC1. The minimum absolute atomic E-state index is 0.0111. The summed E-state index contributed by atoms with van der Waals surface area (Å²) in [5, 5.41) is 9.89. The second kappa shape index (κ2) is 13.6. The van der Waals surface area contributed by atoms with E-state index in [4.69, 9.17) is 4.74 Å². The fourth-order valence-electron chi connectivity index (χ4n) is 6.00. The third kappa shape index (κ3) is 7.41. The molecular weight excluding hydrogens is 643 g/mol. The molecule has 2 amide bonds. The molecule has 0 bridgehead atoms. The summed E-state index contributed by atoms with van der Waals surface area (Å²) in [4.78, 5) is 34.6. The number of amides is 2. The maximum atomic E-state index is 14.1. The van der Waals surface area contributed by atoms with Crippen LogP contribution in [0.5, 0.6) is 0 Å². The van der Waals surface area contributed by atoms with Crippen LogP contribution in [-0.2, 0) is 9.53 Å².